The highest BCUT2D eigenvalue weighted by Gasteiger charge is 2.53. The van der Waals surface area contributed by atoms with Gasteiger partial charge in [0.15, 0.2) is 0 Å². The third-order valence-electron chi connectivity index (χ3n) is 7.63. The van der Waals surface area contributed by atoms with Crippen LogP contribution in [-0.2, 0) is 14.3 Å². The Morgan fingerprint density at radius 2 is 1.63 bits per heavy atom. The molecule has 2 aromatic carbocycles. The molecule has 9 heteroatoms. The summed E-state index contributed by atoms with van der Waals surface area (Å²) in [7, 11) is 0. The number of benzene rings is 2. The number of hydrogen-bond acceptors (Lipinski definition) is 6. The number of hydrogen-bond donors (Lipinski definition) is 2. The molecule has 2 heterocycles. The second-order valence-corrected chi connectivity index (χ2v) is 11.5. The number of carboxylic acids is 1. The van der Waals surface area contributed by atoms with E-state index < -0.39 is 29.3 Å². The van der Waals surface area contributed by atoms with Crippen molar-refractivity contribution in [2.24, 2.45) is 0 Å². The van der Waals surface area contributed by atoms with Gasteiger partial charge in [-0.05, 0) is 49.4 Å². The Morgan fingerprint density at radius 1 is 1.03 bits per heavy atom. The van der Waals surface area contributed by atoms with Crippen LogP contribution in [0.2, 0.25) is 0 Å². The predicted octanol–water partition coefficient (Wildman–Crippen LogP) is 4.06. The van der Waals surface area contributed by atoms with Crippen LogP contribution in [0.5, 0.6) is 0 Å². The molecule has 0 radical (unpaired) electrons. The summed E-state index contributed by atoms with van der Waals surface area (Å²) in [5, 5.41) is 12.5. The normalized spacial score (nSPS) is 20.3. The molecular weight excluding hydrogens is 486 g/mol. The molecular formula is C29H35N3O6. The summed E-state index contributed by atoms with van der Waals surface area (Å²) in [6, 6.07) is 16.2. The van der Waals surface area contributed by atoms with Gasteiger partial charge >= 0.3 is 18.2 Å². The second-order valence-electron chi connectivity index (χ2n) is 11.5. The molecule has 2 amide bonds. The number of carboxylic acid groups (broad SMARTS) is 1. The number of amides is 2. The minimum atomic E-state index is -0.915. The lowest BCUT2D eigenvalue weighted by Gasteiger charge is -2.54. The summed E-state index contributed by atoms with van der Waals surface area (Å²) in [6.45, 7) is 7.34. The summed E-state index contributed by atoms with van der Waals surface area (Å²) in [5.41, 5.74) is 3.38. The first-order valence-electron chi connectivity index (χ1n) is 13.1. The Bertz CT molecular complexity index is 1190. The number of carbonyl (C=O) groups excluding carboxylic acids is 2. The zero-order chi connectivity index (χ0) is 27.1. The lowest BCUT2D eigenvalue weighted by Crippen LogP contribution is -2.72. The van der Waals surface area contributed by atoms with Crippen LogP contribution in [0.4, 0.5) is 9.59 Å². The maximum atomic E-state index is 12.8. The van der Waals surface area contributed by atoms with E-state index in [0.29, 0.717) is 19.5 Å². The van der Waals surface area contributed by atoms with Gasteiger partial charge < -0.3 is 24.8 Å². The summed E-state index contributed by atoms with van der Waals surface area (Å²) in [4.78, 5) is 40.5. The van der Waals surface area contributed by atoms with E-state index in [0.717, 1.165) is 11.1 Å². The third-order valence-corrected chi connectivity index (χ3v) is 7.63. The van der Waals surface area contributed by atoms with Crippen LogP contribution < -0.4 is 5.32 Å². The van der Waals surface area contributed by atoms with Crippen LogP contribution in [0.25, 0.3) is 11.1 Å². The number of alkyl carbamates (subject to hydrolysis) is 1. The lowest BCUT2D eigenvalue weighted by atomic mass is 9.84. The fourth-order valence-electron chi connectivity index (χ4n) is 5.94. The molecule has 0 aromatic heterocycles. The highest BCUT2D eigenvalue weighted by Crippen LogP contribution is 2.44. The Hall–Kier alpha value is -3.59. The maximum Gasteiger partial charge on any atom is 0.410 e. The zero-order valence-corrected chi connectivity index (χ0v) is 22.1. The molecule has 2 aromatic rings. The average Bonchev–Trinajstić information content (AvgIpc) is 3.41. The fraction of sp³-hybridized carbons (Fsp3) is 0.483. The molecule has 0 bridgehead atoms. The van der Waals surface area contributed by atoms with Crippen LogP contribution in [0.15, 0.2) is 48.5 Å². The van der Waals surface area contributed by atoms with Crippen molar-refractivity contribution in [1.82, 2.24) is 15.1 Å². The van der Waals surface area contributed by atoms with Gasteiger partial charge in [0.2, 0.25) is 0 Å². The van der Waals surface area contributed by atoms with Crippen molar-refractivity contribution in [3.63, 3.8) is 0 Å². The van der Waals surface area contributed by atoms with Crippen LogP contribution in [0, 0.1) is 0 Å². The first-order valence-corrected chi connectivity index (χ1v) is 13.1. The molecule has 0 saturated carbocycles. The summed E-state index contributed by atoms with van der Waals surface area (Å²) < 4.78 is 11.1. The van der Waals surface area contributed by atoms with Gasteiger partial charge in [-0.15, -0.1) is 0 Å². The molecule has 9 nitrogen and oxygen atoms in total. The zero-order valence-electron chi connectivity index (χ0n) is 22.1. The molecule has 2 N–H and O–H groups in total. The van der Waals surface area contributed by atoms with Crippen molar-refractivity contribution in [1.29, 1.82) is 0 Å². The van der Waals surface area contributed by atoms with Gasteiger partial charge in [-0.2, -0.15) is 0 Å². The van der Waals surface area contributed by atoms with Gasteiger partial charge in [-0.25, -0.2) is 9.59 Å². The monoisotopic (exact) mass is 521 g/mol. The Balaban J connectivity index is 1.16. The van der Waals surface area contributed by atoms with Gasteiger partial charge in [0, 0.05) is 38.1 Å². The highest BCUT2D eigenvalue weighted by molar-refractivity contribution is 5.79. The molecule has 202 valence electrons. The van der Waals surface area contributed by atoms with Crippen LogP contribution in [0.1, 0.15) is 50.7 Å². The van der Waals surface area contributed by atoms with Crippen LogP contribution in [-0.4, -0.2) is 83.0 Å². The van der Waals surface area contributed by atoms with Gasteiger partial charge in [0.05, 0.1) is 12.0 Å². The molecule has 5 rings (SSSR count). The van der Waals surface area contributed by atoms with E-state index in [-0.39, 0.29) is 38.1 Å². The minimum absolute atomic E-state index is 0.0131. The van der Waals surface area contributed by atoms with E-state index in [1.807, 2.05) is 24.3 Å². The number of fused-ring (bicyclic) bond motifs is 3. The number of ether oxygens (including phenoxy) is 2. The van der Waals surface area contributed by atoms with Crippen LogP contribution >= 0.6 is 0 Å². The number of likely N-dealkylation sites (tertiary alicyclic amines) is 2. The molecule has 0 unspecified atom stereocenters. The van der Waals surface area contributed by atoms with Crippen molar-refractivity contribution in [3.8, 4) is 11.1 Å². The fourth-order valence-corrected chi connectivity index (χ4v) is 5.94. The third kappa shape index (κ3) is 5.20. The Labute approximate surface area is 222 Å². The molecule has 1 atom stereocenters. The molecule has 38 heavy (non-hydrogen) atoms. The number of nitrogens with zero attached hydrogens (tertiary/aromatic N) is 2. The molecule has 1 aliphatic carbocycles. The molecule has 2 aliphatic heterocycles. The van der Waals surface area contributed by atoms with Crippen molar-refractivity contribution in [3.05, 3.63) is 59.7 Å². The van der Waals surface area contributed by atoms with Crippen LogP contribution in [0.3, 0.4) is 0 Å². The minimum Gasteiger partial charge on any atom is -0.481 e. The Morgan fingerprint density at radius 3 is 2.21 bits per heavy atom. The van der Waals surface area contributed by atoms with E-state index in [1.54, 1.807) is 25.7 Å². The molecule has 0 spiro atoms. The maximum absolute atomic E-state index is 12.8. The number of rotatable bonds is 6. The Kier molecular flexibility index (Phi) is 6.81. The van der Waals surface area contributed by atoms with Crippen molar-refractivity contribution in [2.45, 2.75) is 56.7 Å². The number of carbonyl (C=O) groups is 3. The second kappa shape index (κ2) is 9.94. The van der Waals surface area contributed by atoms with Crippen molar-refractivity contribution in [2.75, 3.05) is 32.8 Å². The molecule has 3 aliphatic rings. The van der Waals surface area contributed by atoms with E-state index in [4.69, 9.17) is 9.47 Å². The first kappa shape index (κ1) is 26.0. The van der Waals surface area contributed by atoms with Gasteiger partial charge in [-0.3, -0.25) is 9.69 Å². The summed E-state index contributed by atoms with van der Waals surface area (Å²) in [5.74, 6) is -0.928. The van der Waals surface area contributed by atoms with E-state index in [1.165, 1.54) is 11.1 Å². The van der Waals surface area contributed by atoms with Crippen molar-refractivity contribution < 1.29 is 29.0 Å². The number of aliphatic carboxylic acids is 1. The first-order chi connectivity index (χ1) is 18.0. The molecule has 2 fully saturated rings. The lowest BCUT2D eigenvalue weighted by molar-refractivity contribution is -0.145. The number of nitrogens with one attached hydrogen (secondary N) is 1. The van der Waals surface area contributed by atoms with E-state index in [9.17, 15) is 19.5 Å². The van der Waals surface area contributed by atoms with E-state index >= 15 is 0 Å². The van der Waals surface area contributed by atoms with Gasteiger partial charge in [0.25, 0.3) is 0 Å². The standard InChI is InChI=1S/C29H35N3O6/c1-28(2,3)38-27(36)31-17-29(18-31,14-25(33)34)32-13-12-19(15-32)30-26(35)37-16-24-22-10-6-4-8-20(22)21-9-5-7-11-23(21)24/h4-11,19,24H,12-18H2,1-3H3,(H,30,35)(H,33,34)/t19-/m0/s1. The van der Waals surface area contributed by atoms with Gasteiger partial charge in [0.1, 0.15) is 12.2 Å². The smallest absolute Gasteiger partial charge is 0.410 e. The topological polar surface area (TPSA) is 108 Å². The largest absolute Gasteiger partial charge is 0.481 e. The summed E-state index contributed by atoms with van der Waals surface area (Å²) >= 11 is 0. The summed E-state index contributed by atoms with van der Waals surface area (Å²) in [6.07, 6.45) is -0.317. The molecule has 2 saturated heterocycles. The average molecular weight is 522 g/mol. The SMILES string of the molecule is CC(C)(C)OC(=O)N1CC(CC(=O)O)(N2CC[C@H](NC(=O)OCC3c4ccccc4-c4ccccc43)C2)C1. The van der Waals surface area contributed by atoms with E-state index in [2.05, 4.69) is 34.5 Å². The highest BCUT2D eigenvalue weighted by atomic mass is 16.6. The predicted molar refractivity (Wildman–Crippen MR) is 141 cm³/mol. The van der Waals surface area contributed by atoms with Gasteiger partial charge in [-0.1, -0.05) is 48.5 Å². The quantitative estimate of drug-likeness (QED) is 0.590. The van der Waals surface area contributed by atoms with Crippen molar-refractivity contribution >= 4 is 18.2 Å².